The largest absolute Gasteiger partial charge is 0.337 e. The Balaban J connectivity index is 2.45. The predicted octanol–water partition coefficient (Wildman–Crippen LogP) is 2.73. The Morgan fingerprint density at radius 3 is 2.69 bits per heavy atom. The van der Waals surface area contributed by atoms with Gasteiger partial charge in [-0.1, -0.05) is 19.9 Å². The normalized spacial score (nSPS) is 11.6. The predicted molar refractivity (Wildman–Crippen MR) is 69.0 cm³/mol. The highest BCUT2D eigenvalue weighted by molar-refractivity contribution is 7.10. The van der Waals surface area contributed by atoms with Gasteiger partial charge in [0.1, 0.15) is 0 Å². The third-order valence-corrected chi connectivity index (χ3v) is 3.53. The molecule has 0 saturated heterocycles. The molecule has 0 aliphatic heterocycles. The van der Waals surface area contributed by atoms with E-state index in [1.54, 1.807) is 11.3 Å². The van der Waals surface area contributed by atoms with Crippen molar-refractivity contribution in [2.45, 2.75) is 39.2 Å². The summed E-state index contributed by atoms with van der Waals surface area (Å²) < 4.78 is 0. The summed E-state index contributed by atoms with van der Waals surface area (Å²) in [6.07, 6.45) is 0. The second kappa shape index (κ2) is 5.34. The molecule has 1 aromatic rings. The summed E-state index contributed by atoms with van der Waals surface area (Å²) in [4.78, 5) is 12.7. The van der Waals surface area contributed by atoms with Crippen molar-refractivity contribution in [3.63, 3.8) is 0 Å². The Morgan fingerprint density at radius 2 is 2.19 bits per heavy atom. The number of amides is 2. The first kappa shape index (κ1) is 13.0. The standard InChI is InChI=1S/C12H20N2OS/c1-9(2)14-11(15)13-8-12(3,4)10-6-5-7-16-10/h5-7,9H,8H2,1-4H3,(H2,13,14,15). The third-order valence-electron chi connectivity index (χ3n) is 2.30. The minimum atomic E-state index is -0.0976. The number of carbonyl (C=O) groups excluding carboxylic acids is 1. The van der Waals surface area contributed by atoms with Crippen molar-refractivity contribution in [2.75, 3.05) is 6.54 Å². The summed E-state index contributed by atoms with van der Waals surface area (Å²) in [6, 6.07) is 4.22. The molecule has 1 aromatic heterocycles. The van der Waals surface area contributed by atoms with Gasteiger partial charge in [-0.3, -0.25) is 0 Å². The van der Waals surface area contributed by atoms with Crippen molar-refractivity contribution in [2.24, 2.45) is 0 Å². The average Bonchev–Trinajstić information content (AvgIpc) is 2.67. The molecule has 0 spiro atoms. The van der Waals surface area contributed by atoms with Crippen LogP contribution in [0, 0.1) is 0 Å². The van der Waals surface area contributed by atoms with E-state index in [2.05, 4.69) is 35.9 Å². The molecule has 3 nitrogen and oxygen atoms in total. The first-order chi connectivity index (χ1) is 7.42. The zero-order chi connectivity index (χ0) is 12.2. The molecule has 0 fully saturated rings. The van der Waals surface area contributed by atoms with E-state index in [9.17, 15) is 4.79 Å². The lowest BCUT2D eigenvalue weighted by Crippen LogP contribution is -2.44. The Bertz CT molecular complexity index is 331. The molecule has 0 atom stereocenters. The molecule has 0 aromatic carbocycles. The van der Waals surface area contributed by atoms with Crippen LogP contribution in [0.25, 0.3) is 0 Å². The highest BCUT2D eigenvalue weighted by Gasteiger charge is 2.22. The monoisotopic (exact) mass is 240 g/mol. The van der Waals surface area contributed by atoms with E-state index >= 15 is 0 Å². The van der Waals surface area contributed by atoms with Crippen LogP contribution in [0.5, 0.6) is 0 Å². The van der Waals surface area contributed by atoms with Crippen molar-refractivity contribution in [3.05, 3.63) is 22.4 Å². The highest BCUT2D eigenvalue weighted by atomic mass is 32.1. The molecular formula is C12H20N2OS. The lowest BCUT2D eigenvalue weighted by molar-refractivity contribution is 0.236. The Kier molecular flexibility index (Phi) is 4.35. The number of urea groups is 1. The lowest BCUT2D eigenvalue weighted by atomic mass is 9.91. The van der Waals surface area contributed by atoms with Crippen LogP contribution in [-0.4, -0.2) is 18.6 Å². The molecule has 0 saturated carbocycles. The van der Waals surface area contributed by atoms with Gasteiger partial charge in [-0.25, -0.2) is 4.79 Å². The van der Waals surface area contributed by atoms with Crippen molar-refractivity contribution >= 4 is 17.4 Å². The number of rotatable bonds is 4. The van der Waals surface area contributed by atoms with Gasteiger partial charge in [0.2, 0.25) is 0 Å². The number of nitrogens with one attached hydrogen (secondary N) is 2. The second-order valence-electron chi connectivity index (χ2n) is 4.84. The summed E-state index contributed by atoms with van der Waals surface area (Å²) in [5.74, 6) is 0. The number of hydrogen-bond acceptors (Lipinski definition) is 2. The first-order valence-electron chi connectivity index (χ1n) is 5.50. The van der Waals surface area contributed by atoms with Crippen LogP contribution in [0.2, 0.25) is 0 Å². The topological polar surface area (TPSA) is 41.1 Å². The van der Waals surface area contributed by atoms with Crippen LogP contribution in [0.1, 0.15) is 32.6 Å². The van der Waals surface area contributed by atoms with Crippen molar-refractivity contribution in [1.82, 2.24) is 10.6 Å². The zero-order valence-electron chi connectivity index (χ0n) is 10.3. The quantitative estimate of drug-likeness (QED) is 0.834. The molecular weight excluding hydrogens is 220 g/mol. The van der Waals surface area contributed by atoms with Crippen molar-refractivity contribution in [3.8, 4) is 0 Å². The van der Waals surface area contributed by atoms with Gasteiger partial charge in [-0.05, 0) is 25.3 Å². The maximum Gasteiger partial charge on any atom is 0.315 e. The molecule has 0 aliphatic rings. The summed E-state index contributed by atoms with van der Waals surface area (Å²) in [6.45, 7) is 8.81. The number of hydrogen-bond donors (Lipinski definition) is 2. The van der Waals surface area contributed by atoms with Gasteiger partial charge in [0.15, 0.2) is 0 Å². The fraction of sp³-hybridized carbons (Fsp3) is 0.583. The van der Waals surface area contributed by atoms with Gasteiger partial charge >= 0.3 is 6.03 Å². The molecule has 16 heavy (non-hydrogen) atoms. The number of thiophene rings is 1. The Morgan fingerprint density at radius 1 is 1.50 bits per heavy atom. The smallest absolute Gasteiger partial charge is 0.315 e. The van der Waals surface area contributed by atoms with Crippen molar-refractivity contribution in [1.29, 1.82) is 0 Å². The Hall–Kier alpha value is -1.03. The van der Waals surface area contributed by atoms with Gasteiger partial charge in [-0.2, -0.15) is 0 Å². The SMILES string of the molecule is CC(C)NC(=O)NCC(C)(C)c1cccs1. The van der Waals surface area contributed by atoms with E-state index in [4.69, 9.17) is 0 Å². The van der Waals surface area contributed by atoms with E-state index in [1.165, 1.54) is 4.88 Å². The molecule has 1 heterocycles. The summed E-state index contributed by atoms with van der Waals surface area (Å²) in [5, 5.41) is 7.77. The third kappa shape index (κ3) is 3.85. The highest BCUT2D eigenvalue weighted by Crippen LogP contribution is 2.26. The average molecular weight is 240 g/mol. The minimum Gasteiger partial charge on any atom is -0.337 e. The van der Waals surface area contributed by atoms with E-state index in [-0.39, 0.29) is 17.5 Å². The fourth-order valence-corrected chi connectivity index (χ4v) is 2.22. The molecule has 2 amide bonds. The van der Waals surface area contributed by atoms with Crippen LogP contribution < -0.4 is 10.6 Å². The van der Waals surface area contributed by atoms with Gasteiger partial charge in [-0.15, -0.1) is 11.3 Å². The van der Waals surface area contributed by atoms with Gasteiger partial charge in [0, 0.05) is 22.9 Å². The fourth-order valence-electron chi connectivity index (χ4n) is 1.37. The first-order valence-corrected chi connectivity index (χ1v) is 6.38. The van der Waals surface area contributed by atoms with Crippen molar-refractivity contribution < 1.29 is 4.79 Å². The maximum absolute atomic E-state index is 11.5. The maximum atomic E-state index is 11.5. The van der Waals surface area contributed by atoms with Crippen LogP contribution in [0.4, 0.5) is 4.79 Å². The summed E-state index contributed by atoms with van der Waals surface area (Å²) in [7, 11) is 0. The van der Waals surface area contributed by atoms with Crippen LogP contribution in [0.15, 0.2) is 17.5 Å². The minimum absolute atomic E-state index is 0.0114. The summed E-state index contributed by atoms with van der Waals surface area (Å²) >= 11 is 1.72. The van der Waals surface area contributed by atoms with Crippen LogP contribution in [0.3, 0.4) is 0 Å². The number of carbonyl (C=O) groups is 1. The second-order valence-corrected chi connectivity index (χ2v) is 5.79. The van der Waals surface area contributed by atoms with Gasteiger partial charge in [0.25, 0.3) is 0 Å². The van der Waals surface area contributed by atoms with E-state index in [0.29, 0.717) is 6.54 Å². The molecule has 1 rings (SSSR count). The lowest BCUT2D eigenvalue weighted by Gasteiger charge is -2.24. The van der Waals surface area contributed by atoms with Gasteiger partial charge < -0.3 is 10.6 Å². The van der Waals surface area contributed by atoms with E-state index in [1.807, 2.05) is 19.9 Å². The molecule has 0 bridgehead atoms. The van der Waals surface area contributed by atoms with Gasteiger partial charge in [0.05, 0.1) is 0 Å². The molecule has 4 heteroatoms. The zero-order valence-corrected chi connectivity index (χ0v) is 11.1. The van der Waals surface area contributed by atoms with E-state index in [0.717, 1.165) is 0 Å². The summed E-state index contributed by atoms with van der Waals surface area (Å²) in [5.41, 5.74) is -0.0114. The molecule has 2 N–H and O–H groups in total. The molecule has 0 aliphatic carbocycles. The molecule has 90 valence electrons. The van der Waals surface area contributed by atoms with Crippen LogP contribution in [-0.2, 0) is 5.41 Å². The molecule has 0 unspecified atom stereocenters. The Labute approximate surface area is 101 Å². The van der Waals surface area contributed by atoms with E-state index < -0.39 is 0 Å². The van der Waals surface area contributed by atoms with Crippen LogP contribution >= 0.6 is 11.3 Å². The molecule has 0 radical (unpaired) electrons.